The number of hydrogen-bond donors (Lipinski definition) is 2. The predicted octanol–water partition coefficient (Wildman–Crippen LogP) is 2.26. The molecule has 124 valence electrons. The van der Waals surface area contributed by atoms with Gasteiger partial charge >= 0.3 is 0 Å². The second kappa shape index (κ2) is 7.51. The molecule has 0 saturated carbocycles. The van der Waals surface area contributed by atoms with E-state index in [0.29, 0.717) is 22.2 Å². The van der Waals surface area contributed by atoms with Gasteiger partial charge in [0, 0.05) is 11.3 Å². The van der Waals surface area contributed by atoms with E-state index < -0.39 is 0 Å². The van der Waals surface area contributed by atoms with E-state index in [1.165, 1.54) is 16.4 Å². The number of nitrogens with two attached hydrogens (primary N) is 1. The Balaban J connectivity index is 1.63. The number of carbonyl (C=O) groups excluding carboxylic acids is 1. The second-order valence-electron chi connectivity index (χ2n) is 5.07. The largest absolute Gasteiger partial charge is 0.335 e. The zero-order chi connectivity index (χ0) is 17.6. The number of benzene rings is 2. The molecular weight excluding hydrogens is 336 g/mol. The summed E-state index contributed by atoms with van der Waals surface area (Å²) in [5.74, 6) is 6.46. The van der Waals surface area contributed by atoms with Crippen molar-refractivity contribution in [3.05, 3.63) is 60.2 Å². The van der Waals surface area contributed by atoms with Crippen LogP contribution in [0.25, 0.3) is 11.4 Å². The standard InChI is InChI=1S/C17H14N6OS/c18-10-12-5-4-8-14(9-12)20-15(24)11-25-17-22-21-16(23(17)19)13-6-2-1-3-7-13/h1-9H,11,19H2,(H,20,24). The molecule has 25 heavy (non-hydrogen) atoms. The van der Waals surface area contributed by atoms with Gasteiger partial charge in [-0.1, -0.05) is 48.2 Å². The molecule has 8 heteroatoms. The molecule has 1 heterocycles. The molecule has 2 aromatic carbocycles. The average molecular weight is 350 g/mol. The van der Waals surface area contributed by atoms with Crippen LogP contribution >= 0.6 is 11.8 Å². The van der Waals surface area contributed by atoms with Crippen LogP contribution in [0.15, 0.2) is 59.8 Å². The molecule has 1 amide bonds. The Morgan fingerprint density at radius 3 is 2.76 bits per heavy atom. The van der Waals surface area contributed by atoms with E-state index >= 15 is 0 Å². The van der Waals surface area contributed by atoms with E-state index in [1.54, 1.807) is 24.3 Å². The number of nitrogens with zero attached hydrogens (tertiary/aromatic N) is 4. The van der Waals surface area contributed by atoms with Crippen LogP contribution in [0.3, 0.4) is 0 Å². The Labute approximate surface area is 148 Å². The first-order valence-corrected chi connectivity index (χ1v) is 8.34. The summed E-state index contributed by atoms with van der Waals surface area (Å²) in [6.07, 6.45) is 0. The Morgan fingerprint density at radius 1 is 1.20 bits per heavy atom. The second-order valence-corrected chi connectivity index (χ2v) is 6.01. The van der Waals surface area contributed by atoms with Crippen molar-refractivity contribution in [3.8, 4) is 17.5 Å². The number of nitriles is 1. The average Bonchev–Trinajstić information content (AvgIpc) is 3.01. The quantitative estimate of drug-likeness (QED) is 0.539. The Kier molecular flexibility index (Phi) is 4.97. The summed E-state index contributed by atoms with van der Waals surface area (Å²) >= 11 is 1.19. The first-order valence-electron chi connectivity index (χ1n) is 7.36. The zero-order valence-corrected chi connectivity index (χ0v) is 13.9. The van der Waals surface area contributed by atoms with Crippen molar-refractivity contribution in [2.24, 2.45) is 0 Å². The highest BCUT2D eigenvalue weighted by molar-refractivity contribution is 7.99. The van der Waals surface area contributed by atoms with Gasteiger partial charge in [0.2, 0.25) is 11.1 Å². The Bertz CT molecular complexity index is 932. The smallest absolute Gasteiger partial charge is 0.234 e. The van der Waals surface area contributed by atoms with Crippen LogP contribution < -0.4 is 11.2 Å². The fourth-order valence-electron chi connectivity index (χ4n) is 2.15. The maximum atomic E-state index is 12.1. The minimum atomic E-state index is -0.218. The number of aromatic nitrogens is 3. The van der Waals surface area contributed by atoms with Crippen molar-refractivity contribution in [2.75, 3.05) is 16.9 Å². The summed E-state index contributed by atoms with van der Waals surface area (Å²) in [6.45, 7) is 0. The van der Waals surface area contributed by atoms with E-state index in [9.17, 15) is 4.79 Å². The summed E-state index contributed by atoms with van der Waals surface area (Å²) in [5.41, 5.74) is 1.91. The molecule has 0 aliphatic carbocycles. The van der Waals surface area contributed by atoms with E-state index in [1.807, 2.05) is 36.4 Å². The minimum absolute atomic E-state index is 0.126. The SMILES string of the molecule is N#Cc1cccc(NC(=O)CSc2nnc(-c3ccccc3)n2N)c1. The Morgan fingerprint density at radius 2 is 2.00 bits per heavy atom. The highest BCUT2D eigenvalue weighted by Crippen LogP contribution is 2.21. The van der Waals surface area contributed by atoms with Crippen molar-refractivity contribution in [3.63, 3.8) is 0 Å². The fraction of sp³-hybridized carbons (Fsp3) is 0.0588. The third kappa shape index (κ3) is 3.97. The first kappa shape index (κ1) is 16.5. The van der Waals surface area contributed by atoms with Crippen LogP contribution in [-0.2, 0) is 4.79 Å². The number of amides is 1. The third-order valence-corrected chi connectivity index (χ3v) is 4.25. The van der Waals surface area contributed by atoms with E-state index in [4.69, 9.17) is 11.1 Å². The van der Waals surface area contributed by atoms with E-state index in [0.717, 1.165) is 5.56 Å². The molecule has 7 nitrogen and oxygen atoms in total. The molecule has 0 bridgehead atoms. The molecule has 0 unspecified atom stereocenters. The van der Waals surface area contributed by atoms with Gasteiger partial charge < -0.3 is 11.2 Å². The molecule has 0 radical (unpaired) electrons. The molecular formula is C17H14N6OS. The lowest BCUT2D eigenvalue weighted by molar-refractivity contribution is -0.113. The van der Waals surface area contributed by atoms with Crippen molar-refractivity contribution in [1.29, 1.82) is 5.26 Å². The van der Waals surface area contributed by atoms with Crippen LogP contribution in [0.4, 0.5) is 5.69 Å². The van der Waals surface area contributed by atoms with Gasteiger partial charge in [-0.2, -0.15) is 5.26 Å². The molecule has 3 N–H and O–H groups in total. The normalized spacial score (nSPS) is 10.2. The van der Waals surface area contributed by atoms with Gasteiger partial charge in [-0.25, -0.2) is 4.68 Å². The summed E-state index contributed by atoms with van der Waals surface area (Å²) in [4.78, 5) is 12.1. The lowest BCUT2D eigenvalue weighted by Crippen LogP contribution is -2.16. The fourth-order valence-corrected chi connectivity index (χ4v) is 2.81. The van der Waals surface area contributed by atoms with Gasteiger partial charge in [-0.05, 0) is 18.2 Å². The number of thioether (sulfide) groups is 1. The highest BCUT2D eigenvalue weighted by atomic mass is 32.2. The lowest BCUT2D eigenvalue weighted by Gasteiger charge is -2.06. The molecule has 3 aromatic rings. The van der Waals surface area contributed by atoms with Crippen molar-refractivity contribution in [2.45, 2.75) is 5.16 Å². The maximum Gasteiger partial charge on any atom is 0.234 e. The van der Waals surface area contributed by atoms with Crippen molar-refractivity contribution < 1.29 is 4.79 Å². The first-order chi connectivity index (χ1) is 12.2. The minimum Gasteiger partial charge on any atom is -0.335 e. The monoisotopic (exact) mass is 350 g/mol. The molecule has 0 spiro atoms. The Hall–Kier alpha value is -3.31. The summed E-state index contributed by atoms with van der Waals surface area (Å²) in [5, 5.41) is 20.2. The number of rotatable bonds is 5. The van der Waals surface area contributed by atoms with E-state index in [2.05, 4.69) is 15.5 Å². The van der Waals surface area contributed by atoms with Gasteiger partial charge in [0.15, 0.2) is 5.82 Å². The summed E-state index contributed by atoms with van der Waals surface area (Å²) < 4.78 is 1.36. The summed E-state index contributed by atoms with van der Waals surface area (Å²) in [6, 6.07) is 18.2. The van der Waals surface area contributed by atoms with E-state index in [-0.39, 0.29) is 11.7 Å². The maximum absolute atomic E-state index is 12.1. The number of nitrogen functional groups attached to an aromatic ring is 1. The van der Waals surface area contributed by atoms with Crippen LogP contribution in [0, 0.1) is 11.3 Å². The lowest BCUT2D eigenvalue weighted by atomic mass is 10.2. The molecule has 0 saturated heterocycles. The third-order valence-electron chi connectivity index (χ3n) is 3.30. The van der Waals surface area contributed by atoms with Crippen LogP contribution in [0.2, 0.25) is 0 Å². The zero-order valence-electron chi connectivity index (χ0n) is 13.1. The highest BCUT2D eigenvalue weighted by Gasteiger charge is 2.13. The van der Waals surface area contributed by atoms with Crippen molar-refractivity contribution >= 4 is 23.4 Å². The number of hydrogen-bond acceptors (Lipinski definition) is 6. The number of carbonyl (C=O) groups is 1. The number of nitrogens with one attached hydrogen (secondary N) is 1. The summed E-state index contributed by atoms with van der Waals surface area (Å²) in [7, 11) is 0. The molecule has 1 aromatic heterocycles. The molecule has 0 atom stereocenters. The topological polar surface area (TPSA) is 110 Å². The van der Waals surface area contributed by atoms with Gasteiger partial charge in [-0.15, -0.1) is 10.2 Å². The molecule has 3 rings (SSSR count). The van der Waals surface area contributed by atoms with Gasteiger partial charge in [-0.3, -0.25) is 4.79 Å². The van der Waals surface area contributed by atoms with Crippen LogP contribution in [-0.4, -0.2) is 26.5 Å². The van der Waals surface area contributed by atoms with Crippen LogP contribution in [0.1, 0.15) is 5.56 Å². The van der Waals surface area contributed by atoms with Gasteiger partial charge in [0.25, 0.3) is 0 Å². The number of anilines is 1. The predicted molar refractivity (Wildman–Crippen MR) is 96.1 cm³/mol. The van der Waals surface area contributed by atoms with Crippen LogP contribution in [0.5, 0.6) is 0 Å². The van der Waals surface area contributed by atoms with Gasteiger partial charge in [0.1, 0.15) is 0 Å². The molecule has 0 aliphatic rings. The van der Waals surface area contributed by atoms with Gasteiger partial charge in [0.05, 0.1) is 17.4 Å². The van der Waals surface area contributed by atoms with Crippen molar-refractivity contribution in [1.82, 2.24) is 14.9 Å². The molecule has 0 fully saturated rings. The molecule has 0 aliphatic heterocycles.